The molecular weight excluding hydrogens is 292 g/mol. The van der Waals surface area contributed by atoms with Crippen molar-refractivity contribution in [1.82, 2.24) is 5.06 Å². The second-order valence-electron chi connectivity index (χ2n) is 6.95. The van der Waals surface area contributed by atoms with E-state index in [4.69, 9.17) is 15.0 Å². The molecule has 0 aromatic heterocycles. The Balaban J connectivity index is 3.07. The van der Waals surface area contributed by atoms with Gasteiger partial charge in [0.15, 0.2) is 6.10 Å². The van der Waals surface area contributed by atoms with Gasteiger partial charge >= 0.3 is 5.97 Å². The van der Waals surface area contributed by atoms with E-state index in [1.807, 2.05) is 5.06 Å². The number of ether oxygens (including phenoxy) is 1. The standard InChI is InChI=1S/C18H32N2O3/c1-8-11-22-16(21)14(5)23-20-17(6,9-2)12-15(19)13(4)18(20,7)10-3/h8,13-14,19H,1,9-12H2,2-7H3. The molecule has 1 aliphatic rings. The number of carbonyl (C=O) groups is 1. The van der Waals surface area contributed by atoms with E-state index < -0.39 is 12.1 Å². The molecule has 132 valence electrons. The molecule has 0 aromatic carbocycles. The van der Waals surface area contributed by atoms with Gasteiger partial charge < -0.3 is 10.1 Å². The lowest BCUT2D eigenvalue weighted by Gasteiger charge is -2.57. The van der Waals surface area contributed by atoms with E-state index in [1.54, 1.807) is 13.0 Å². The summed E-state index contributed by atoms with van der Waals surface area (Å²) in [6, 6.07) is 0. The molecule has 1 heterocycles. The molecule has 1 aliphatic heterocycles. The van der Waals surface area contributed by atoms with Crippen LogP contribution in [0, 0.1) is 11.3 Å². The van der Waals surface area contributed by atoms with E-state index in [9.17, 15) is 4.79 Å². The molecule has 23 heavy (non-hydrogen) atoms. The number of piperidine rings is 1. The third-order valence-electron chi connectivity index (χ3n) is 5.40. The van der Waals surface area contributed by atoms with E-state index >= 15 is 0 Å². The summed E-state index contributed by atoms with van der Waals surface area (Å²) in [5.41, 5.74) is 0.120. The molecular formula is C18H32N2O3. The Bertz CT molecular complexity index is 465. The van der Waals surface area contributed by atoms with Crippen LogP contribution >= 0.6 is 0 Å². The topological polar surface area (TPSA) is 62.6 Å². The normalized spacial score (nSPS) is 33.3. The van der Waals surface area contributed by atoms with Crippen molar-refractivity contribution in [2.24, 2.45) is 5.92 Å². The third kappa shape index (κ3) is 3.83. The van der Waals surface area contributed by atoms with Crippen molar-refractivity contribution in [2.75, 3.05) is 6.61 Å². The predicted molar refractivity (Wildman–Crippen MR) is 92.4 cm³/mol. The molecule has 0 bridgehead atoms. The summed E-state index contributed by atoms with van der Waals surface area (Å²) < 4.78 is 5.10. The van der Waals surface area contributed by atoms with Crippen molar-refractivity contribution in [3.63, 3.8) is 0 Å². The van der Waals surface area contributed by atoms with Crippen molar-refractivity contribution in [2.45, 2.75) is 78.0 Å². The number of hydroxylamine groups is 2. The van der Waals surface area contributed by atoms with Gasteiger partial charge in [-0.3, -0.25) is 4.84 Å². The largest absolute Gasteiger partial charge is 0.459 e. The van der Waals surface area contributed by atoms with E-state index in [1.165, 1.54) is 0 Å². The van der Waals surface area contributed by atoms with Gasteiger partial charge in [-0.15, -0.1) is 0 Å². The Hall–Kier alpha value is -1.20. The number of hydrogen-bond donors (Lipinski definition) is 1. The molecule has 4 atom stereocenters. The van der Waals surface area contributed by atoms with Crippen LogP contribution in [0.4, 0.5) is 0 Å². The summed E-state index contributed by atoms with van der Waals surface area (Å²) in [7, 11) is 0. The SMILES string of the molecule is C=CCOC(=O)C(C)ON1C(C)(CC)CC(=N)C(C)C1(C)CC. The van der Waals surface area contributed by atoms with Gasteiger partial charge in [-0.05, 0) is 33.6 Å². The first-order chi connectivity index (χ1) is 10.7. The fourth-order valence-corrected chi connectivity index (χ4v) is 3.23. The summed E-state index contributed by atoms with van der Waals surface area (Å²) in [6.07, 6.45) is 3.17. The second kappa shape index (κ2) is 7.58. The number of carbonyl (C=O) groups excluding carboxylic acids is 1. The lowest BCUT2D eigenvalue weighted by Crippen LogP contribution is -2.67. The Kier molecular flexibility index (Phi) is 6.54. The minimum Gasteiger partial charge on any atom is -0.459 e. The summed E-state index contributed by atoms with van der Waals surface area (Å²) >= 11 is 0. The Labute approximate surface area is 140 Å². The molecule has 5 nitrogen and oxygen atoms in total. The summed E-state index contributed by atoms with van der Waals surface area (Å²) in [4.78, 5) is 18.2. The van der Waals surface area contributed by atoms with Gasteiger partial charge in [0.25, 0.3) is 0 Å². The summed E-state index contributed by atoms with van der Waals surface area (Å²) in [6.45, 7) is 15.9. The van der Waals surface area contributed by atoms with Gasteiger partial charge in [-0.2, -0.15) is 5.06 Å². The van der Waals surface area contributed by atoms with E-state index in [-0.39, 0.29) is 23.6 Å². The van der Waals surface area contributed by atoms with Gasteiger partial charge in [0, 0.05) is 23.6 Å². The molecule has 1 rings (SSSR count). The molecule has 0 amide bonds. The zero-order valence-electron chi connectivity index (χ0n) is 15.4. The molecule has 0 saturated carbocycles. The van der Waals surface area contributed by atoms with Crippen molar-refractivity contribution in [1.29, 1.82) is 5.41 Å². The van der Waals surface area contributed by atoms with Crippen LogP contribution in [0.25, 0.3) is 0 Å². The summed E-state index contributed by atoms with van der Waals surface area (Å²) in [5, 5.41) is 10.4. The molecule has 1 N–H and O–H groups in total. The van der Waals surface area contributed by atoms with Crippen LogP contribution in [0.5, 0.6) is 0 Å². The van der Waals surface area contributed by atoms with Gasteiger partial charge in [-0.25, -0.2) is 4.79 Å². The highest BCUT2D eigenvalue weighted by Crippen LogP contribution is 2.44. The highest BCUT2D eigenvalue weighted by atomic mass is 16.7. The molecule has 0 aromatic rings. The Morgan fingerprint density at radius 2 is 2.09 bits per heavy atom. The quantitative estimate of drug-likeness (QED) is 0.572. The first-order valence-electron chi connectivity index (χ1n) is 8.48. The van der Waals surface area contributed by atoms with Crippen molar-refractivity contribution in [3.8, 4) is 0 Å². The average Bonchev–Trinajstić information content (AvgIpc) is 2.54. The molecule has 0 aliphatic carbocycles. The minimum atomic E-state index is -0.689. The maximum atomic E-state index is 12.1. The van der Waals surface area contributed by atoms with Gasteiger partial charge in [-0.1, -0.05) is 33.4 Å². The lowest BCUT2D eigenvalue weighted by atomic mass is 9.70. The maximum Gasteiger partial charge on any atom is 0.337 e. The zero-order chi connectivity index (χ0) is 17.8. The monoisotopic (exact) mass is 324 g/mol. The Morgan fingerprint density at radius 3 is 2.57 bits per heavy atom. The molecule has 0 radical (unpaired) electrons. The molecule has 4 unspecified atom stereocenters. The van der Waals surface area contributed by atoms with Crippen LogP contribution in [-0.4, -0.2) is 40.5 Å². The van der Waals surface area contributed by atoms with Gasteiger partial charge in [0.05, 0.1) is 5.54 Å². The van der Waals surface area contributed by atoms with E-state index in [0.717, 1.165) is 18.6 Å². The molecule has 0 spiro atoms. The van der Waals surface area contributed by atoms with Crippen LogP contribution < -0.4 is 0 Å². The zero-order valence-corrected chi connectivity index (χ0v) is 15.4. The number of nitrogens with zero attached hydrogens (tertiary/aromatic N) is 1. The first-order valence-corrected chi connectivity index (χ1v) is 8.48. The smallest absolute Gasteiger partial charge is 0.337 e. The van der Waals surface area contributed by atoms with Crippen LogP contribution in [0.3, 0.4) is 0 Å². The fourth-order valence-electron chi connectivity index (χ4n) is 3.23. The van der Waals surface area contributed by atoms with Gasteiger partial charge in [0.2, 0.25) is 0 Å². The fraction of sp³-hybridized carbons (Fsp3) is 0.778. The molecule has 1 saturated heterocycles. The number of rotatable bonds is 7. The molecule has 1 fully saturated rings. The predicted octanol–water partition coefficient (Wildman–Crippen LogP) is 3.73. The first kappa shape index (κ1) is 19.8. The number of nitrogens with one attached hydrogen (secondary N) is 1. The van der Waals surface area contributed by atoms with Gasteiger partial charge in [0.1, 0.15) is 6.61 Å². The van der Waals surface area contributed by atoms with Crippen molar-refractivity contribution in [3.05, 3.63) is 12.7 Å². The highest BCUT2D eigenvalue weighted by Gasteiger charge is 2.53. The average molecular weight is 324 g/mol. The highest BCUT2D eigenvalue weighted by molar-refractivity contribution is 5.86. The number of hydrogen-bond acceptors (Lipinski definition) is 5. The number of esters is 1. The summed E-state index contributed by atoms with van der Waals surface area (Å²) in [5.74, 6) is -0.321. The van der Waals surface area contributed by atoms with Crippen LogP contribution in [0.15, 0.2) is 12.7 Å². The van der Waals surface area contributed by atoms with E-state index in [2.05, 4.69) is 41.2 Å². The minimum absolute atomic E-state index is 0.0727. The van der Waals surface area contributed by atoms with Crippen molar-refractivity contribution < 1.29 is 14.4 Å². The third-order valence-corrected chi connectivity index (χ3v) is 5.40. The van der Waals surface area contributed by atoms with Crippen LogP contribution in [-0.2, 0) is 14.4 Å². The van der Waals surface area contributed by atoms with Crippen LogP contribution in [0.2, 0.25) is 0 Å². The van der Waals surface area contributed by atoms with Crippen LogP contribution in [0.1, 0.15) is 60.8 Å². The maximum absolute atomic E-state index is 12.1. The lowest BCUT2D eigenvalue weighted by molar-refractivity contribution is -0.305. The second-order valence-corrected chi connectivity index (χ2v) is 6.95. The molecule has 5 heteroatoms. The van der Waals surface area contributed by atoms with Crippen molar-refractivity contribution >= 4 is 11.7 Å². The Morgan fingerprint density at radius 1 is 1.48 bits per heavy atom. The van der Waals surface area contributed by atoms with E-state index in [0.29, 0.717) is 6.42 Å².